The van der Waals surface area contributed by atoms with E-state index < -0.39 is 27.6 Å². The Morgan fingerprint density at radius 1 is 1.17 bits per heavy atom. The third-order valence-corrected chi connectivity index (χ3v) is 6.53. The summed E-state index contributed by atoms with van der Waals surface area (Å²) < 4.78 is 65.2. The number of alkyl halides is 3. The Hall–Kier alpha value is -4.01. The van der Waals surface area contributed by atoms with Crippen LogP contribution in [0.4, 0.5) is 42.0 Å². The maximum atomic E-state index is 13.6. The average Bonchev–Trinajstić information content (AvgIpc) is 3.15. The molecule has 1 aliphatic rings. The van der Waals surface area contributed by atoms with Crippen molar-refractivity contribution in [3.8, 4) is 0 Å². The number of sulfonamides is 1. The Bertz CT molecular complexity index is 1450. The van der Waals surface area contributed by atoms with E-state index in [1.807, 2.05) is 0 Å². The third-order valence-electron chi connectivity index (χ3n) is 5.33. The number of anilines is 5. The third kappa shape index (κ3) is 5.45. The Balaban J connectivity index is 1.56. The van der Waals surface area contributed by atoms with Crippen LogP contribution < -0.4 is 20.3 Å². The molecule has 1 aromatic carbocycles. The molecule has 0 fully saturated rings. The molecule has 36 heavy (non-hydrogen) atoms. The maximum Gasteiger partial charge on any atom is 0.421 e. The minimum atomic E-state index is -4.72. The van der Waals surface area contributed by atoms with Crippen molar-refractivity contribution >= 4 is 44.8 Å². The minimum Gasteiger partial charge on any atom is -0.362 e. The van der Waals surface area contributed by atoms with Gasteiger partial charge in [-0.1, -0.05) is 0 Å². The summed E-state index contributed by atoms with van der Waals surface area (Å²) in [4.78, 5) is 27.5. The largest absolute Gasteiger partial charge is 0.421 e. The second-order valence-corrected chi connectivity index (χ2v) is 10.0. The number of carbonyl (C=O) groups excluding carboxylic acids is 1. The van der Waals surface area contributed by atoms with Crippen molar-refractivity contribution in [2.75, 3.05) is 33.6 Å². The highest BCUT2D eigenvalue weighted by Gasteiger charge is 2.35. The van der Waals surface area contributed by atoms with Gasteiger partial charge < -0.3 is 16.0 Å². The quantitative estimate of drug-likeness (QED) is 0.427. The van der Waals surface area contributed by atoms with E-state index in [2.05, 4.69) is 35.9 Å². The van der Waals surface area contributed by atoms with Gasteiger partial charge in [0.1, 0.15) is 17.2 Å². The molecule has 0 radical (unpaired) electrons. The molecule has 15 heteroatoms. The van der Waals surface area contributed by atoms with E-state index in [1.54, 1.807) is 25.1 Å². The molecule has 3 aromatic rings. The smallest absolute Gasteiger partial charge is 0.362 e. The van der Waals surface area contributed by atoms with Crippen LogP contribution in [0.5, 0.6) is 0 Å². The summed E-state index contributed by atoms with van der Waals surface area (Å²) in [5.74, 6) is -0.593. The van der Waals surface area contributed by atoms with Crippen molar-refractivity contribution in [3.63, 3.8) is 0 Å². The van der Waals surface area contributed by atoms with E-state index in [0.29, 0.717) is 23.3 Å². The zero-order chi connectivity index (χ0) is 26.3. The minimum absolute atomic E-state index is 0.0926. The number of hydrogen-bond donors (Lipinski definition) is 3. The fourth-order valence-electron chi connectivity index (χ4n) is 3.46. The predicted octanol–water partition coefficient (Wildman–Crippen LogP) is 2.84. The predicted molar refractivity (Wildman–Crippen MR) is 126 cm³/mol. The number of halogens is 3. The van der Waals surface area contributed by atoms with Gasteiger partial charge >= 0.3 is 6.18 Å². The Morgan fingerprint density at radius 3 is 2.58 bits per heavy atom. The molecule has 3 N–H and O–H groups in total. The summed E-state index contributed by atoms with van der Waals surface area (Å²) in [7, 11) is -2.19. The molecule has 0 saturated carbocycles. The van der Waals surface area contributed by atoms with Crippen molar-refractivity contribution < 1.29 is 26.4 Å². The van der Waals surface area contributed by atoms with E-state index in [1.165, 1.54) is 13.2 Å². The topological polar surface area (TPSA) is 142 Å². The highest BCUT2D eigenvalue weighted by Crippen LogP contribution is 2.34. The van der Waals surface area contributed by atoms with Crippen LogP contribution in [0.2, 0.25) is 0 Å². The number of aryl methyl sites for hydroxylation is 1. The average molecular weight is 523 g/mol. The zero-order valence-corrected chi connectivity index (χ0v) is 20.1. The molecule has 0 aliphatic carbocycles. The monoisotopic (exact) mass is 522 g/mol. The van der Waals surface area contributed by atoms with Gasteiger partial charge in [0.05, 0.1) is 36.8 Å². The molecule has 190 valence electrons. The zero-order valence-electron chi connectivity index (χ0n) is 19.3. The number of nitrogens with one attached hydrogen (secondary N) is 3. The fraction of sp³-hybridized carbons (Fsp3) is 0.286. The molecule has 0 atom stereocenters. The normalized spacial score (nSPS) is 13.2. The number of benzene rings is 1. The number of aromatic nitrogens is 4. The first-order chi connectivity index (χ1) is 16.8. The van der Waals surface area contributed by atoms with Crippen LogP contribution in [0.25, 0.3) is 0 Å². The number of amides is 1. The molecular formula is C21H21F3N8O3S. The van der Waals surface area contributed by atoms with E-state index in [0.717, 1.165) is 16.1 Å². The molecule has 11 nitrogen and oxygen atoms in total. The SMILES string of the molecule is Cc1nc(CNc2nc(Nc3ccc4c(c3)CC(=O)N4)ncc2C(F)(F)F)ncc1N(C)S(C)(=O)=O. The molecule has 1 aliphatic heterocycles. The Kier molecular flexibility index (Phi) is 6.43. The van der Waals surface area contributed by atoms with Crippen molar-refractivity contribution in [1.29, 1.82) is 0 Å². The number of fused-ring (bicyclic) bond motifs is 1. The van der Waals surface area contributed by atoms with Crippen molar-refractivity contribution in [2.45, 2.75) is 26.1 Å². The lowest BCUT2D eigenvalue weighted by atomic mass is 10.1. The highest BCUT2D eigenvalue weighted by atomic mass is 32.2. The van der Waals surface area contributed by atoms with Gasteiger partial charge in [-0.15, -0.1) is 0 Å². The Labute approximate surface area is 204 Å². The molecule has 2 aromatic heterocycles. The lowest BCUT2D eigenvalue weighted by Gasteiger charge is -2.18. The van der Waals surface area contributed by atoms with Crippen LogP contribution >= 0.6 is 0 Å². The molecule has 3 heterocycles. The standard InChI is InChI=1S/C21H21F3N8O3S/c1-11-16(32(2)36(3,34)35)9-25-17(28-11)10-26-19-14(21(22,23)24)8-27-20(31-19)29-13-4-5-15-12(6-13)7-18(33)30-15/h4-6,8-9H,7,10H2,1-3H3,(H,30,33)(H2,26,27,29,31). The van der Waals surface area contributed by atoms with Crippen molar-refractivity contribution in [1.82, 2.24) is 19.9 Å². The van der Waals surface area contributed by atoms with E-state index >= 15 is 0 Å². The number of rotatable bonds is 7. The highest BCUT2D eigenvalue weighted by molar-refractivity contribution is 7.92. The first-order valence-corrected chi connectivity index (χ1v) is 12.3. The lowest BCUT2D eigenvalue weighted by molar-refractivity contribution is -0.137. The van der Waals surface area contributed by atoms with Gasteiger partial charge in [0.15, 0.2) is 0 Å². The fourth-order valence-corrected chi connectivity index (χ4v) is 4.00. The van der Waals surface area contributed by atoms with Crippen molar-refractivity contribution in [3.05, 3.63) is 53.2 Å². The second-order valence-electron chi connectivity index (χ2n) is 8.02. The molecule has 4 rings (SSSR count). The van der Waals surface area contributed by atoms with E-state index in [4.69, 9.17) is 0 Å². The first kappa shape index (κ1) is 25.1. The van der Waals surface area contributed by atoms with E-state index in [-0.39, 0.29) is 36.3 Å². The van der Waals surface area contributed by atoms with Gasteiger partial charge in [0.25, 0.3) is 0 Å². The van der Waals surface area contributed by atoms with Crippen LogP contribution in [0.3, 0.4) is 0 Å². The lowest BCUT2D eigenvalue weighted by Crippen LogP contribution is -2.26. The summed E-state index contributed by atoms with van der Waals surface area (Å²) in [5, 5.41) is 8.14. The van der Waals surface area contributed by atoms with Crippen LogP contribution in [0.1, 0.15) is 22.6 Å². The molecule has 0 unspecified atom stereocenters. The summed E-state index contributed by atoms with van der Waals surface area (Å²) in [6, 6.07) is 5.01. The number of nitrogens with zero attached hydrogens (tertiary/aromatic N) is 5. The molecule has 0 bridgehead atoms. The van der Waals surface area contributed by atoms with Gasteiger partial charge in [-0.05, 0) is 30.7 Å². The summed E-state index contributed by atoms with van der Waals surface area (Å²) in [6.07, 6.45) is -1.55. The second kappa shape index (κ2) is 9.22. The number of hydrogen-bond acceptors (Lipinski definition) is 9. The molecule has 0 spiro atoms. The van der Waals surface area contributed by atoms with E-state index in [9.17, 15) is 26.4 Å². The summed E-state index contributed by atoms with van der Waals surface area (Å²) in [6.45, 7) is 1.35. The van der Waals surface area contributed by atoms with Crippen LogP contribution in [0.15, 0.2) is 30.6 Å². The molecule has 0 saturated heterocycles. The van der Waals surface area contributed by atoms with Gasteiger partial charge in [-0.2, -0.15) is 18.2 Å². The van der Waals surface area contributed by atoms with Gasteiger partial charge in [-0.25, -0.2) is 23.4 Å². The number of carbonyl (C=O) groups is 1. The Morgan fingerprint density at radius 2 is 1.92 bits per heavy atom. The molecule has 1 amide bonds. The molecular weight excluding hydrogens is 501 g/mol. The van der Waals surface area contributed by atoms with Gasteiger partial charge in [0, 0.05) is 24.6 Å². The first-order valence-electron chi connectivity index (χ1n) is 10.5. The summed E-state index contributed by atoms with van der Waals surface area (Å²) >= 11 is 0. The van der Waals surface area contributed by atoms with Crippen LogP contribution in [-0.2, 0) is 34.0 Å². The van der Waals surface area contributed by atoms with Crippen LogP contribution in [0, 0.1) is 6.92 Å². The van der Waals surface area contributed by atoms with Crippen molar-refractivity contribution in [2.24, 2.45) is 0 Å². The van der Waals surface area contributed by atoms with Crippen LogP contribution in [-0.4, -0.2) is 47.6 Å². The summed E-state index contributed by atoms with van der Waals surface area (Å²) in [5.41, 5.74) is 1.41. The van der Waals surface area contributed by atoms with Gasteiger partial charge in [-0.3, -0.25) is 9.10 Å². The maximum absolute atomic E-state index is 13.6. The van der Waals surface area contributed by atoms with Gasteiger partial charge in [0.2, 0.25) is 21.9 Å².